The molecular formula is C15H24N2O. The van der Waals surface area contributed by atoms with Crippen LogP contribution in [0.3, 0.4) is 0 Å². The highest BCUT2D eigenvalue weighted by Gasteiger charge is 2.24. The Kier molecular flexibility index (Phi) is 6.17. The quantitative estimate of drug-likeness (QED) is 0.799. The van der Waals surface area contributed by atoms with Crippen LogP contribution in [-0.2, 0) is 0 Å². The van der Waals surface area contributed by atoms with Gasteiger partial charge in [-0.3, -0.25) is 0 Å². The molecule has 0 bridgehead atoms. The average molecular weight is 248 g/mol. The van der Waals surface area contributed by atoms with Crippen molar-refractivity contribution in [3.05, 3.63) is 36.6 Å². The van der Waals surface area contributed by atoms with Gasteiger partial charge >= 0.3 is 0 Å². The van der Waals surface area contributed by atoms with Gasteiger partial charge in [-0.1, -0.05) is 71.2 Å². The Morgan fingerprint density at radius 1 is 1.28 bits per heavy atom. The first-order valence-corrected chi connectivity index (χ1v) is 6.13. The molecule has 0 aromatic carbocycles. The standard InChI is InChI=1S/C13H18N2O.C2H6/c1-6-8-10(13(3,4)5)11-9(7-2)12(14)15-16-11;1-2/h6-8H,1-2H2,3-5H3,(H2,14,15);1-2H3/b10-8+;. The fourth-order valence-electron chi connectivity index (χ4n) is 1.49. The minimum absolute atomic E-state index is 0.0715. The Bertz CT molecular complexity index is 434. The number of anilines is 1. The Labute approximate surface area is 110 Å². The number of nitrogens with zero attached hydrogens (tertiary/aromatic N) is 1. The minimum atomic E-state index is -0.0715. The van der Waals surface area contributed by atoms with Crippen LogP contribution in [0.4, 0.5) is 5.82 Å². The molecule has 2 N–H and O–H groups in total. The zero-order valence-corrected chi connectivity index (χ0v) is 12.1. The molecule has 1 aromatic heterocycles. The lowest BCUT2D eigenvalue weighted by molar-refractivity contribution is 0.400. The van der Waals surface area contributed by atoms with Crippen molar-refractivity contribution in [1.82, 2.24) is 5.16 Å². The molecule has 1 heterocycles. The van der Waals surface area contributed by atoms with Crippen molar-refractivity contribution < 1.29 is 4.52 Å². The second kappa shape index (κ2) is 6.84. The van der Waals surface area contributed by atoms with Gasteiger partial charge in [0.2, 0.25) is 0 Å². The molecule has 0 fully saturated rings. The van der Waals surface area contributed by atoms with Gasteiger partial charge in [0, 0.05) is 5.57 Å². The largest absolute Gasteiger partial charge is 0.380 e. The van der Waals surface area contributed by atoms with Gasteiger partial charge in [-0.25, -0.2) is 0 Å². The average Bonchev–Trinajstić information content (AvgIpc) is 2.68. The molecule has 0 aliphatic rings. The van der Waals surface area contributed by atoms with Crippen LogP contribution in [0.15, 0.2) is 29.8 Å². The van der Waals surface area contributed by atoms with E-state index in [0.717, 1.165) is 11.1 Å². The molecule has 0 aliphatic heterocycles. The molecule has 0 saturated heterocycles. The normalized spacial score (nSPS) is 11.5. The number of hydrogen-bond acceptors (Lipinski definition) is 3. The molecule has 1 rings (SSSR count). The third-order valence-electron chi connectivity index (χ3n) is 2.30. The Hall–Kier alpha value is -1.77. The Morgan fingerprint density at radius 3 is 2.22 bits per heavy atom. The fourth-order valence-corrected chi connectivity index (χ4v) is 1.49. The molecule has 3 nitrogen and oxygen atoms in total. The van der Waals surface area contributed by atoms with Crippen LogP contribution in [0, 0.1) is 5.41 Å². The van der Waals surface area contributed by atoms with Crippen LogP contribution < -0.4 is 5.73 Å². The lowest BCUT2D eigenvalue weighted by atomic mass is 9.83. The molecule has 0 unspecified atom stereocenters. The summed E-state index contributed by atoms with van der Waals surface area (Å²) in [5.41, 5.74) is 7.37. The van der Waals surface area contributed by atoms with Crippen LogP contribution in [0.2, 0.25) is 0 Å². The summed E-state index contributed by atoms with van der Waals surface area (Å²) >= 11 is 0. The van der Waals surface area contributed by atoms with Crippen LogP contribution in [0.5, 0.6) is 0 Å². The number of rotatable bonds is 3. The SMILES string of the molecule is C=C/C=C(\c1onc(N)c1C=C)C(C)(C)C.CC. The number of aromatic nitrogens is 1. The summed E-state index contributed by atoms with van der Waals surface area (Å²) in [7, 11) is 0. The molecule has 100 valence electrons. The van der Waals surface area contributed by atoms with Crippen LogP contribution in [0.1, 0.15) is 45.9 Å². The van der Waals surface area contributed by atoms with Gasteiger partial charge in [0.25, 0.3) is 0 Å². The van der Waals surface area contributed by atoms with E-state index >= 15 is 0 Å². The van der Waals surface area contributed by atoms with Gasteiger partial charge < -0.3 is 10.3 Å². The summed E-state index contributed by atoms with van der Waals surface area (Å²) in [4.78, 5) is 0. The second-order valence-corrected chi connectivity index (χ2v) is 4.58. The third-order valence-corrected chi connectivity index (χ3v) is 2.30. The summed E-state index contributed by atoms with van der Waals surface area (Å²) in [6, 6.07) is 0. The third kappa shape index (κ3) is 3.62. The van der Waals surface area contributed by atoms with E-state index in [-0.39, 0.29) is 5.41 Å². The van der Waals surface area contributed by atoms with E-state index in [4.69, 9.17) is 10.3 Å². The highest BCUT2D eigenvalue weighted by atomic mass is 16.5. The van der Waals surface area contributed by atoms with E-state index in [9.17, 15) is 0 Å². The van der Waals surface area contributed by atoms with Gasteiger partial charge in [0.15, 0.2) is 11.6 Å². The first-order valence-electron chi connectivity index (χ1n) is 6.13. The van der Waals surface area contributed by atoms with Crippen LogP contribution in [-0.4, -0.2) is 5.16 Å². The van der Waals surface area contributed by atoms with Gasteiger partial charge in [-0.2, -0.15) is 0 Å². The maximum absolute atomic E-state index is 5.70. The minimum Gasteiger partial charge on any atom is -0.380 e. The Morgan fingerprint density at radius 2 is 1.83 bits per heavy atom. The molecule has 0 saturated carbocycles. The van der Waals surface area contributed by atoms with Gasteiger partial charge in [0.1, 0.15) is 0 Å². The maximum Gasteiger partial charge on any atom is 0.174 e. The van der Waals surface area contributed by atoms with Gasteiger partial charge in [-0.05, 0) is 5.41 Å². The topological polar surface area (TPSA) is 52.0 Å². The number of nitrogen functional groups attached to an aromatic ring is 1. The van der Waals surface area contributed by atoms with Gasteiger partial charge in [0.05, 0.1) is 5.56 Å². The predicted octanol–water partition coefficient (Wildman–Crippen LogP) is 4.54. The van der Waals surface area contributed by atoms with Crippen molar-refractivity contribution in [2.24, 2.45) is 5.41 Å². The van der Waals surface area contributed by atoms with E-state index in [1.54, 1.807) is 12.2 Å². The summed E-state index contributed by atoms with van der Waals surface area (Å²) in [5.74, 6) is 1.03. The molecule has 0 radical (unpaired) electrons. The van der Waals surface area contributed by atoms with Crippen molar-refractivity contribution in [3.63, 3.8) is 0 Å². The molecule has 0 atom stereocenters. The summed E-state index contributed by atoms with van der Waals surface area (Å²) in [6.07, 6.45) is 5.29. The smallest absolute Gasteiger partial charge is 0.174 e. The van der Waals surface area contributed by atoms with E-state index in [1.165, 1.54) is 0 Å². The number of allylic oxidation sites excluding steroid dienone is 3. The number of hydrogen-bond donors (Lipinski definition) is 1. The molecule has 1 aromatic rings. The summed E-state index contributed by atoms with van der Waals surface area (Å²) in [6.45, 7) is 17.7. The van der Waals surface area contributed by atoms with Crippen LogP contribution >= 0.6 is 0 Å². The van der Waals surface area contributed by atoms with Crippen molar-refractivity contribution in [2.75, 3.05) is 5.73 Å². The fraction of sp³-hybridized carbons (Fsp3) is 0.400. The molecule has 0 spiro atoms. The van der Waals surface area contributed by atoms with E-state index < -0.39 is 0 Å². The predicted molar refractivity (Wildman–Crippen MR) is 80.0 cm³/mol. The van der Waals surface area contributed by atoms with Crippen molar-refractivity contribution >= 4 is 17.5 Å². The first-order chi connectivity index (χ1) is 8.41. The number of nitrogens with two attached hydrogens (primary N) is 1. The lowest BCUT2D eigenvalue weighted by Gasteiger charge is -2.21. The zero-order valence-electron chi connectivity index (χ0n) is 12.1. The molecule has 0 aliphatic carbocycles. The van der Waals surface area contributed by atoms with E-state index in [0.29, 0.717) is 11.6 Å². The van der Waals surface area contributed by atoms with Gasteiger partial charge in [-0.15, -0.1) is 0 Å². The van der Waals surface area contributed by atoms with Crippen molar-refractivity contribution in [3.8, 4) is 0 Å². The van der Waals surface area contributed by atoms with Crippen molar-refractivity contribution in [1.29, 1.82) is 0 Å². The maximum atomic E-state index is 5.70. The monoisotopic (exact) mass is 248 g/mol. The summed E-state index contributed by atoms with van der Waals surface area (Å²) in [5, 5.41) is 3.76. The molecular weight excluding hydrogens is 224 g/mol. The summed E-state index contributed by atoms with van der Waals surface area (Å²) < 4.78 is 5.27. The van der Waals surface area contributed by atoms with E-state index in [1.807, 2.05) is 19.9 Å². The first kappa shape index (κ1) is 16.2. The highest BCUT2D eigenvalue weighted by Crippen LogP contribution is 2.37. The van der Waals surface area contributed by atoms with E-state index in [2.05, 4.69) is 39.1 Å². The second-order valence-electron chi connectivity index (χ2n) is 4.58. The lowest BCUT2D eigenvalue weighted by Crippen LogP contribution is -2.08. The van der Waals surface area contributed by atoms with Crippen molar-refractivity contribution in [2.45, 2.75) is 34.6 Å². The molecule has 0 amide bonds. The van der Waals surface area contributed by atoms with Crippen LogP contribution in [0.25, 0.3) is 11.6 Å². The Balaban J connectivity index is 0.00000137. The molecule has 3 heteroatoms. The zero-order chi connectivity index (χ0) is 14.3. The molecule has 18 heavy (non-hydrogen) atoms. The highest BCUT2D eigenvalue weighted by molar-refractivity contribution is 5.77.